The predicted molar refractivity (Wildman–Crippen MR) is 141 cm³/mol. The lowest BCUT2D eigenvalue weighted by Crippen LogP contribution is -2.34. The van der Waals surface area contributed by atoms with E-state index in [9.17, 15) is 22.7 Å². The van der Waals surface area contributed by atoms with Crippen molar-refractivity contribution < 1.29 is 22.7 Å². The topological polar surface area (TPSA) is 79.1 Å². The van der Waals surface area contributed by atoms with E-state index in [1.807, 2.05) is 35.9 Å². The SMILES string of the molecule is CNc1ncnc(N2CCC(c3nc(-c4ccc(F)c(C(F)(F)F)c4)cn3C)CC2)c1-c1ccc(CO)cc1. The number of aliphatic hydroxyl groups is 1. The highest BCUT2D eigenvalue weighted by Crippen LogP contribution is 2.38. The molecule has 4 aromatic rings. The number of hydrogen-bond donors (Lipinski definition) is 2. The molecule has 0 unspecified atom stereocenters. The fraction of sp³-hybridized carbons (Fsp3) is 0.321. The summed E-state index contributed by atoms with van der Waals surface area (Å²) in [5.41, 5.74) is 1.92. The molecule has 5 rings (SSSR count). The second kappa shape index (κ2) is 10.6. The van der Waals surface area contributed by atoms with Gasteiger partial charge < -0.3 is 19.9 Å². The Balaban J connectivity index is 1.37. The number of rotatable bonds is 6. The molecular formula is C28H28F4N6O. The lowest BCUT2D eigenvalue weighted by atomic mass is 9.95. The Hall–Kier alpha value is -3.99. The minimum Gasteiger partial charge on any atom is -0.392 e. The van der Waals surface area contributed by atoms with E-state index in [4.69, 9.17) is 0 Å². The molecule has 39 heavy (non-hydrogen) atoms. The molecule has 2 N–H and O–H groups in total. The van der Waals surface area contributed by atoms with Crippen LogP contribution in [0.2, 0.25) is 0 Å². The van der Waals surface area contributed by atoms with Gasteiger partial charge in [-0.3, -0.25) is 0 Å². The zero-order valence-electron chi connectivity index (χ0n) is 21.5. The molecule has 1 fully saturated rings. The van der Waals surface area contributed by atoms with Gasteiger partial charge in [0.15, 0.2) is 0 Å². The molecule has 0 aliphatic carbocycles. The molecule has 0 spiro atoms. The van der Waals surface area contributed by atoms with Crippen molar-refractivity contribution in [2.75, 3.05) is 30.4 Å². The van der Waals surface area contributed by atoms with E-state index in [2.05, 4.69) is 25.2 Å². The third-order valence-corrected chi connectivity index (χ3v) is 7.13. The molecule has 1 saturated heterocycles. The molecule has 2 aromatic carbocycles. The molecule has 0 amide bonds. The van der Waals surface area contributed by atoms with Gasteiger partial charge in [-0.15, -0.1) is 0 Å². The van der Waals surface area contributed by atoms with Gasteiger partial charge >= 0.3 is 6.18 Å². The molecule has 0 radical (unpaired) electrons. The lowest BCUT2D eigenvalue weighted by Gasteiger charge is -2.34. The molecule has 3 heterocycles. The van der Waals surface area contributed by atoms with E-state index < -0.39 is 17.6 Å². The van der Waals surface area contributed by atoms with Crippen LogP contribution in [0.25, 0.3) is 22.4 Å². The number of imidazole rings is 1. The first kappa shape index (κ1) is 26.6. The maximum absolute atomic E-state index is 13.8. The summed E-state index contributed by atoms with van der Waals surface area (Å²) in [4.78, 5) is 15.9. The maximum Gasteiger partial charge on any atom is 0.419 e. The number of aryl methyl sites for hydroxylation is 1. The quantitative estimate of drug-likeness (QED) is 0.309. The van der Waals surface area contributed by atoms with Crippen molar-refractivity contribution in [1.82, 2.24) is 19.5 Å². The number of aromatic nitrogens is 4. The summed E-state index contributed by atoms with van der Waals surface area (Å²) in [6.45, 7) is 1.36. The van der Waals surface area contributed by atoms with Crippen LogP contribution < -0.4 is 10.2 Å². The Morgan fingerprint density at radius 3 is 2.36 bits per heavy atom. The van der Waals surface area contributed by atoms with E-state index in [0.717, 1.165) is 53.3 Å². The van der Waals surface area contributed by atoms with E-state index in [0.29, 0.717) is 24.6 Å². The van der Waals surface area contributed by atoms with Crippen LogP contribution in [0.5, 0.6) is 0 Å². The van der Waals surface area contributed by atoms with Gasteiger partial charge in [0.2, 0.25) is 0 Å². The van der Waals surface area contributed by atoms with Gasteiger partial charge in [-0.2, -0.15) is 13.2 Å². The van der Waals surface area contributed by atoms with Gasteiger partial charge in [0.05, 0.1) is 23.4 Å². The Morgan fingerprint density at radius 1 is 1.03 bits per heavy atom. The van der Waals surface area contributed by atoms with Crippen molar-refractivity contribution in [1.29, 1.82) is 0 Å². The van der Waals surface area contributed by atoms with Crippen molar-refractivity contribution in [2.45, 2.75) is 31.5 Å². The summed E-state index contributed by atoms with van der Waals surface area (Å²) in [6, 6.07) is 10.6. The third-order valence-electron chi connectivity index (χ3n) is 7.13. The molecule has 0 atom stereocenters. The van der Waals surface area contributed by atoms with Gasteiger partial charge in [0, 0.05) is 44.9 Å². The van der Waals surface area contributed by atoms with Gasteiger partial charge in [0.1, 0.15) is 29.6 Å². The molecular weight excluding hydrogens is 512 g/mol. The molecule has 11 heteroatoms. The molecule has 0 bridgehead atoms. The summed E-state index contributed by atoms with van der Waals surface area (Å²) >= 11 is 0. The first-order valence-corrected chi connectivity index (χ1v) is 12.6. The number of alkyl halides is 3. The number of piperidine rings is 1. The summed E-state index contributed by atoms with van der Waals surface area (Å²) in [7, 11) is 3.63. The van der Waals surface area contributed by atoms with E-state index in [-0.39, 0.29) is 18.1 Å². The number of benzene rings is 2. The number of aliphatic hydroxyl groups excluding tert-OH is 1. The zero-order valence-corrected chi connectivity index (χ0v) is 21.5. The number of anilines is 2. The van der Waals surface area contributed by atoms with Gasteiger partial charge in [0.25, 0.3) is 0 Å². The highest BCUT2D eigenvalue weighted by molar-refractivity contribution is 5.85. The average molecular weight is 541 g/mol. The first-order chi connectivity index (χ1) is 18.7. The van der Waals surface area contributed by atoms with Crippen molar-refractivity contribution in [3.8, 4) is 22.4 Å². The second-order valence-electron chi connectivity index (χ2n) is 9.57. The van der Waals surface area contributed by atoms with Crippen LogP contribution in [0.1, 0.15) is 35.7 Å². The Labute approximate surface area is 223 Å². The van der Waals surface area contributed by atoms with Crippen LogP contribution in [0.15, 0.2) is 55.0 Å². The number of hydrogen-bond acceptors (Lipinski definition) is 6. The normalized spacial score (nSPS) is 14.6. The van der Waals surface area contributed by atoms with Crippen molar-refractivity contribution >= 4 is 11.6 Å². The van der Waals surface area contributed by atoms with Crippen molar-refractivity contribution in [3.63, 3.8) is 0 Å². The number of nitrogens with one attached hydrogen (secondary N) is 1. The predicted octanol–water partition coefficient (Wildman–Crippen LogP) is 5.62. The van der Waals surface area contributed by atoms with E-state index in [1.54, 1.807) is 13.2 Å². The van der Waals surface area contributed by atoms with Crippen LogP contribution in [0.3, 0.4) is 0 Å². The summed E-state index contributed by atoms with van der Waals surface area (Å²) in [5, 5.41) is 12.6. The van der Waals surface area contributed by atoms with Crippen LogP contribution in [0, 0.1) is 5.82 Å². The third kappa shape index (κ3) is 5.31. The molecule has 1 aliphatic rings. The standard InChI is InChI=1S/C28H28F4N6O/c1-33-25-24(18-5-3-17(15-39)4-6-18)27(35-16-34-25)38-11-9-19(10-12-38)26-36-23(14-37(26)2)20-7-8-22(29)21(13-20)28(30,31)32/h3-8,13-14,16,19,39H,9-12,15H2,1-2H3,(H,33,34,35). The average Bonchev–Trinajstić information content (AvgIpc) is 3.33. The minimum absolute atomic E-state index is 0.0373. The van der Waals surface area contributed by atoms with E-state index >= 15 is 0 Å². The smallest absolute Gasteiger partial charge is 0.392 e. The number of nitrogens with zero attached hydrogens (tertiary/aromatic N) is 5. The molecule has 1 aliphatic heterocycles. The van der Waals surface area contributed by atoms with Gasteiger partial charge in [-0.1, -0.05) is 24.3 Å². The first-order valence-electron chi connectivity index (χ1n) is 12.6. The Kier molecular flexibility index (Phi) is 7.26. The van der Waals surface area contributed by atoms with Gasteiger partial charge in [-0.25, -0.2) is 19.3 Å². The number of halogens is 4. The Morgan fingerprint density at radius 2 is 1.72 bits per heavy atom. The Bertz CT molecular complexity index is 1460. The zero-order chi connectivity index (χ0) is 27.7. The van der Waals surface area contributed by atoms with Crippen molar-refractivity contribution in [3.05, 3.63) is 77.8 Å². The van der Waals surface area contributed by atoms with Crippen LogP contribution in [0.4, 0.5) is 29.2 Å². The molecule has 0 saturated carbocycles. The van der Waals surface area contributed by atoms with Crippen molar-refractivity contribution in [2.24, 2.45) is 7.05 Å². The monoisotopic (exact) mass is 540 g/mol. The molecule has 7 nitrogen and oxygen atoms in total. The van der Waals surface area contributed by atoms with E-state index in [1.165, 1.54) is 12.4 Å². The van der Waals surface area contributed by atoms with Crippen LogP contribution in [-0.4, -0.2) is 44.8 Å². The summed E-state index contributed by atoms with van der Waals surface area (Å²) in [5.74, 6) is 1.08. The molecule has 2 aromatic heterocycles. The fourth-order valence-corrected chi connectivity index (χ4v) is 5.10. The second-order valence-corrected chi connectivity index (χ2v) is 9.57. The summed E-state index contributed by atoms with van der Waals surface area (Å²) < 4.78 is 55.3. The van der Waals surface area contributed by atoms with Crippen LogP contribution >= 0.6 is 0 Å². The minimum atomic E-state index is -4.78. The summed E-state index contributed by atoms with van der Waals surface area (Å²) in [6.07, 6.45) is -0.0281. The van der Waals surface area contributed by atoms with Crippen LogP contribution in [-0.2, 0) is 19.8 Å². The highest BCUT2D eigenvalue weighted by Gasteiger charge is 2.34. The largest absolute Gasteiger partial charge is 0.419 e. The highest BCUT2D eigenvalue weighted by atomic mass is 19.4. The van der Waals surface area contributed by atoms with Gasteiger partial charge in [-0.05, 0) is 42.2 Å². The molecule has 204 valence electrons. The lowest BCUT2D eigenvalue weighted by molar-refractivity contribution is -0.139. The fourth-order valence-electron chi connectivity index (χ4n) is 5.10. The maximum atomic E-state index is 13.8.